The van der Waals surface area contributed by atoms with Gasteiger partial charge in [0.25, 0.3) is 0 Å². The van der Waals surface area contributed by atoms with Gasteiger partial charge in [-0.25, -0.2) is 0 Å². The fraction of sp³-hybridized carbons (Fsp3) is 0.455. The zero-order valence-electron chi connectivity index (χ0n) is 22.5. The molecule has 198 valence electrons. The van der Waals surface area contributed by atoms with Crippen LogP contribution in [0.25, 0.3) is 11.1 Å². The molecule has 3 aromatic carbocycles. The highest BCUT2D eigenvalue weighted by atomic mass is 16.5. The summed E-state index contributed by atoms with van der Waals surface area (Å²) >= 11 is 0. The van der Waals surface area contributed by atoms with E-state index >= 15 is 0 Å². The molecule has 0 spiro atoms. The first-order chi connectivity index (χ1) is 18.2. The highest BCUT2D eigenvalue weighted by molar-refractivity contribution is 5.64. The molecule has 1 saturated heterocycles. The monoisotopic (exact) mass is 502 g/mol. The lowest BCUT2D eigenvalue weighted by Gasteiger charge is -2.40. The van der Waals surface area contributed by atoms with E-state index < -0.39 is 0 Å². The standard InChI is InChI=1S/C33H42O4/c1-3-33(24-34-25-33)26-37-32-20-14-29(15-21-32)28-12-18-31(19-13-28)36-23-9-7-5-4-6-8-22-35-30-16-10-27(2)11-17-30/h10-21H,3-9,22-26H2,1-2H3. The molecular formula is C33H42O4. The van der Waals surface area contributed by atoms with Crippen LogP contribution >= 0.6 is 0 Å². The van der Waals surface area contributed by atoms with Gasteiger partial charge in [-0.3, -0.25) is 0 Å². The number of ether oxygens (including phenoxy) is 4. The smallest absolute Gasteiger partial charge is 0.119 e. The topological polar surface area (TPSA) is 36.9 Å². The van der Waals surface area contributed by atoms with Gasteiger partial charge in [0.05, 0.1) is 38.4 Å². The van der Waals surface area contributed by atoms with Crippen molar-refractivity contribution >= 4 is 0 Å². The van der Waals surface area contributed by atoms with E-state index in [1.54, 1.807) is 0 Å². The third-order valence-corrected chi connectivity index (χ3v) is 7.25. The van der Waals surface area contributed by atoms with Gasteiger partial charge in [0, 0.05) is 0 Å². The van der Waals surface area contributed by atoms with Crippen molar-refractivity contribution in [3.63, 3.8) is 0 Å². The molecule has 1 aliphatic rings. The average Bonchev–Trinajstić information content (AvgIpc) is 2.91. The first-order valence-electron chi connectivity index (χ1n) is 13.9. The number of hydrogen-bond donors (Lipinski definition) is 0. The second kappa shape index (κ2) is 14.1. The van der Waals surface area contributed by atoms with Crippen molar-refractivity contribution in [1.29, 1.82) is 0 Å². The summed E-state index contributed by atoms with van der Waals surface area (Å²) in [5.74, 6) is 2.82. The maximum atomic E-state index is 6.03. The maximum absolute atomic E-state index is 6.03. The average molecular weight is 503 g/mol. The van der Waals surface area contributed by atoms with E-state index in [1.807, 2.05) is 12.1 Å². The van der Waals surface area contributed by atoms with Gasteiger partial charge < -0.3 is 18.9 Å². The predicted molar refractivity (Wildman–Crippen MR) is 151 cm³/mol. The first-order valence-corrected chi connectivity index (χ1v) is 13.9. The van der Waals surface area contributed by atoms with Gasteiger partial charge >= 0.3 is 0 Å². The summed E-state index contributed by atoms with van der Waals surface area (Å²) in [4.78, 5) is 0. The molecule has 1 heterocycles. The highest BCUT2D eigenvalue weighted by Gasteiger charge is 2.37. The van der Waals surface area contributed by atoms with E-state index in [9.17, 15) is 0 Å². The van der Waals surface area contributed by atoms with Gasteiger partial charge in [-0.2, -0.15) is 0 Å². The lowest BCUT2D eigenvalue weighted by atomic mass is 9.84. The Balaban J connectivity index is 1.05. The van der Waals surface area contributed by atoms with Crippen molar-refractivity contribution in [2.75, 3.05) is 33.0 Å². The minimum absolute atomic E-state index is 0.200. The van der Waals surface area contributed by atoms with Crippen LogP contribution in [0.1, 0.15) is 57.4 Å². The number of hydrogen-bond acceptors (Lipinski definition) is 4. The summed E-state index contributed by atoms with van der Waals surface area (Å²) < 4.78 is 23.2. The van der Waals surface area contributed by atoms with Gasteiger partial charge in [-0.15, -0.1) is 0 Å². The molecule has 0 bridgehead atoms. The summed E-state index contributed by atoms with van der Waals surface area (Å²) in [6, 6.07) is 25.0. The van der Waals surface area contributed by atoms with Crippen LogP contribution in [0.4, 0.5) is 0 Å². The Bertz CT molecular complexity index is 1030. The van der Waals surface area contributed by atoms with Crippen LogP contribution in [-0.4, -0.2) is 33.0 Å². The number of benzene rings is 3. The maximum Gasteiger partial charge on any atom is 0.119 e. The highest BCUT2D eigenvalue weighted by Crippen LogP contribution is 2.32. The molecule has 3 aromatic rings. The molecule has 4 heteroatoms. The van der Waals surface area contributed by atoms with E-state index in [-0.39, 0.29) is 5.41 Å². The third-order valence-electron chi connectivity index (χ3n) is 7.25. The molecule has 37 heavy (non-hydrogen) atoms. The van der Waals surface area contributed by atoms with Gasteiger partial charge in [0.2, 0.25) is 0 Å². The molecule has 0 aromatic heterocycles. The molecule has 1 aliphatic heterocycles. The second-order valence-corrected chi connectivity index (χ2v) is 10.3. The van der Waals surface area contributed by atoms with Crippen molar-refractivity contribution in [1.82, 2.24) is 0 Å². The van der Waals surface area contributed by atoms with E-state index in [2.05, 4.69) is 74.5 Å². The summed E-state index contributed by atoms with van der Waals surface area (Å²) in [6.07, 6.45) is 8.22. The number of aryl methyl sites for hydroxylation is 1. The van der Waals surface area contributed by atoms with Crippen LogP contribution in [0, 0.1) is 12.3 Å². The first kappa shape index (κ1) is 27.1. The zero-order chi connectivity index (χ0) is 25.8. The molecule has 4 rings (SSSR count). The van der Waals surface area contributed by atoms with E-state index in [0.29, 0.717) is 0 Å². The zero-order valence-corrected chi connectivity index (χ0v) is 22.5. The van der Waals surface area contributed by atoms with E-state index in [0.717, 1.165) is 69.5 Å². The van der Waals surface area contributed by atoms with Crippen LogP contribution in [0.3, 0.4) is 0 Å². The normalized spacial score (nSPS) is 14.1. The Hall–Kier alpha value is -2.98. The van der Waals surface area contributed by atoms with Crippen LogP contribution in [0.15, 0.2) is 72.8 Å². The molecule has 0 radical (unpaired) electrons. The fourth-order valence-corrected chi connectivity index (χ4v) is 4.43. The predicted octanol–water partition coefficient (Wildman–Crippen LogP) is 8.27. The molecule has 4 nitrogen and oxygen atoms in total. The SMILES string of the molecule is CCC1(COc2ccc(-c3ccc(OCCCCCCCCOc4ccc(C)cc4)cc3)cc2)COC1. The summed E-state index contributed by atoms with van der Waals surface area (Å²) in [5, 5.41) is 0. The van der Waals surface area contributed by atoms with E-state index in [4.69, 9.17) is 18.9 Å². The van der Waals surface area contributed by atoms with Gasteiger partial charge in [-0.05, 0) is 73.7 Å². The van der Waals surface area contributed by atoms with Crippen LogP contribution in [-0.2, 0) is 4.74 Å². The van der Waals surface area contributed by atoms with Crippen molar-refractivity contribution < 1.29 is 18.9 Å². The molecule has 0 N–H and O–H groups in total. The van der Waals surface area contributed by atoms with Crippen LogP contribution < -0.4 is 14.2 Å². The minimum atomic E-state index is 0.200. The number of rotatable bonds is 16. The Labute approximate surface area is 222 Å². The Morgan fingerprint density at radius 2 is 1.03 bits per heavy atom. The van der Waals surface area contributed by atoms with Crippen molar-refractivity contribution in [2.24, 2.45) is 5.41 Å². The lowest BCUT2D eigenvalue weighted by Crippen LogP contribution is -2.46. The molecule has 0 atom stereocenters. The van der Waals surface area contributed by atoms with Gasteiger partial charge in [-0.1, -0.05) is 74.6 Å². The largest absolute Gasteiger partial charge is 0.494 e. The third kappa shape index (κ3) is 8.53. The Morgan fingerprint density at radius 1 is 0.595 bits per heavy atom. The lowest BCUT2D eigenvalue weighted by molar-refractivity contribution is -0.133. The quantitative estimate of drug-likeness (QED) is 0.185. The molecule has 0 aliphatic carbocycles. The van der Waals surface area contributed by atoms with Crippen molar-refractivity contribution in [2.45, 2.75) is 58.8 Å². The van der Waals surface area contributed by atoms with Crippen LogP contribution in [0.2, 0.25) is 0 Å². The van der Waals surface area contributed by atoms with Gasteiger partial charge in [0.15, 0.2) is 0 Å². The summed E-state index contributed by atoms with van der Waals surface area (Å²) in [7, 11) is 0. The summed E-state index contributed by atoms with van der Waals surface area (Å²) in [5.41, 5.74) is 3.83. The molecule has 0 saturated carbocycles. The molecular weight excluding hydrogens is 460 g/mol. The summed E-state index contributed by atoms with van der Waals surface area (Å²) in [6.45, 7) is 8.20. The minimum Gasteiger partial charge on any atom is -0.494 e. The van der Waals surface area contributed by atoms with Crippen molar-refractivity contribution in [3.05, 3.63) is 78.4 Å². The second-order valence-electron chi connectivity index (χ2n) is 10.3. The van der Waals surface area contributed by atoms with Crippen LogP contribution in [0.5, 0.6) is 17.2 Å². The number of unbranched alkanes of at least 4 members (excludes halogenated alkanes) is 5. The Kier molecular flexibility index (Phi) is 10.3. The van der Waals surface area contributed by atoms with Crippen molar-refractivity contribution in [3.8, 4) is 28.4 Å². The fourth-order valence-electron chi connectivity index (χ4n) is 4.43. The molecule has 1 fully saturated rings. The van der Waals surface area contributed by atoms with E-state index in [1.165, 1.54) is 42.4 Å². The Morgan fingerprint density at radius 3 is 1.46 bits per heavy atom. The molecule has 0 amide bonds. The van der Waals surface area contributed by atoms with Gasteiger partial charge in [0.1, 0.15) is 17.2 Å². The molecule has 0 unspecified atom stereocenters.